The van der Waals surface area contributed by atoms with Crippen LogP contribution in [-0.2, 0) is 16.1 Å². The zero-order chi connectivity index (χ0) is 26.2. The van der Waals surface area contributed by atoms with Crippen LogP contribution in [0.2, 0.25) is 0 Å². The largest absolute Gasteiger partial charge is 0.383 e. The molecule has 4 rings (SSSR count). The average molecular weight is 523 g/mol. The van der Waals surface area contributed by atoms with Crippen LogP contribution in [-0.4, -0.2) is 52.9 Å². The molecule has 1 atom stereocenters. The number of hydrogen-bond donors (Lipinski definition) is 2. The van der Waals surface area contributed by atoms with Crippen LogP contribution >= 0.6 is 11.8 Å². The van der Waals surface area contributed by atoms with Gasteiger partial charge in [0.2, 0.25) is 5.91 Å². The van der Waals surface area contributed by atoms with Gasteiger partial charge in [-0.15, -0.1) is 0 Å². The summed E-state index contributed by atoms with van der Waals surface area (Å²) in [4.78, 5) is 43.6. The van der Waals surface area contributed by atoms with Crippen LogP contribution in [0.3, 0.4) is 0 Å². The number of benzene rings is 2. The molecule has 1 aromatic heterocycles. The van der Waals surface area contributed by atoms with Gasteiger partial charge in [-0.05, 0) is 49.1 Å². The summed E-state index contributed by atoms with van der Waals surface area (Å²) >= 11 is 1.29. The van der Waals surface area contributed by atoms with E-state index in [2.05, 4.69) is 10.6 Å². The third-order valence-corrected chi connectivity index (χ3v) is 7.94. The molecule has 2 amide bonds. The fourth-order valence-electron chi connectivity index (χ4n) is 4.50. The summed E-state index contributed by atoms with van der Waals surface area (Å²) in [5.41, 5.74) is 1.91. The van der Waals surface area contributed by atoms with Crippen molar-refractivity contribution in [2.24, 2.45) is 0 Å². The van der Waals surface area contributed by atoms with Gasteiger partial charge in [-0.25, -0.2) is 4.98 Å². The summed E-state index contributed by atoms with van der Waals surface area (Å²) in [6, 6.07) is 14.8. The van der Waals surface area contributed by atoms with Crippen molar-refractivity contribution in [2.45, 2.75) is 62.0 Å². The molecule has 9 heteroatoms. The van der Waals surface area contributed by atoms with Crippen molar-refractivity contribution in [3.05, 3.63) is 70.0 Å². The van der Waals surface area contributed by atoms with Crippen molar-refractivity contribution in [3.8, 4) is 0 Å². The van der Waals surface area contributed by atoms with E-state index >= 15 is 0 Å². The molecule has 1 unspecified atom stereocenters. The highest BCUT2D eigenvalue weighted by Gasteiger charge is 2.22. The zero-order valence-electron chi connectivity index (χ0n) is 21.4. The molecule has 3 aromatic rings. The van der Waals surface area contributed by atoms with Gasteiger partial charge in [0, 0.05) is 25.3 Å². The minimum atomic E-state index is -0.405. The van der Waals surface area contributed by atoms with E-state index in [0.717, 1.165) is 31.2 Å². The second-order valence-electron chi connectivity index (χ2n) is 9.25. The van der Waals surface area contributed by atoms with Crippen molar-refractivity contribution < 1.29 is 14.3 Å². The Labute approximate surface area is 221 Å². The molecule has 0 saturated heterocycles. The van der Waals surface area contributed by atoms with Gasteiger partial charge < -0.3 is 15.4 Å². The Balaban J connectivity index is 1.58. The maximum atomic E-state index is 13.5. The number of nitrogens with zero attached hydrogens (tertiary/aromatic N) is 2. The first kappa shape index (κ1) is 26.9. The summed E-state index contributed by atoms with van der Waals surface area (Å²) in [6.07, 6.45) is 4.96. The van der Waals surface area contributed by atoms with Gasteiger partial charge in [0.15, 0.2) is 5.16 Å². The standard InChI is InChI=1S/C28H34N4O4S/c1-3-24(26(34)29-16-17-36-2)37-28-31-23-11-7-6-10-22(23)27(35)32(28)18-19-12-14-20(15-13-19)25(33)30-21-8-4-5-9-21/h6-7,10-15,21,24H,3-5,8-9,16-18H2,1-2H3,(H,29,34)(H,30,33). The number of aromatic nitrogens is 2. The first-order valence-corrected chi connectivity index (χ1v) is 13.7. The predicted octanol–water partition coefficient (Wildman–Crippen LogP) is 3.75. The molecule has 8 nitrogen and oxygen atoms in total. The molecule has 0 radical (unpaired) electrons. The van der Waals surface area contributed by atoms with Crippen LogP contribution in [0.1, 0.15) is 54.9 Å². The van der Waals surface area contributed by atoms with Gasteiger partial charge in [-0.1, -0.05) is 55.8 Å². The molecule has 2 N–H and O–H groups in total. The molecule has 1 fully saturated rings. The minimum absolute atomic E-state index is 0.0653. The smallest absolute Gasteiger partial charge is 0.262 e. The molecule has 1 heterocycles. The number of ether oxygens (including phenoxy) is 1. The Morgan fingerprint density at radius 1 is 1.14 bits per heavy atom. The van der Waals surface area contributed by atoms with Crippen LogP contribution in [0, 0.1) is 0 Å². The number of carbonyl (C=O) groups is 2. The summed E-state index contributed by atoms with van der Waals surface area (Å²) in [5, 5.41) is 6.59. The monoisotopic (exact) mass is 522 g/mol. The Morgan fingerprint density at radius 3 is 2.57 bits per heavy atom. The average Bonchev–Trinajstić information content (AvgIpc) is 3.42. The first-order valence-electron chi connectivity index (χ1n) is 12.8. The second kappa shape index (κ2) is 12.9. The van der Waals surface area contributed by atoms with Crippen LogP contribution in [0.4, 0.5) is 0 Å². The second-order valence-corrected chi connectivity index (χ2v) is 10.4. The molecule has 0 spiro atoms. The van der Waals surface area contributed by atoms with Crippen LogP contribution in [0.15, 0.2) is 58.5 Å². The highest BCUT2D eigenvalue weighted by molar-refractivity contribution is 8.00. The van der Waals surface area contributed by atoms with Gasteiger partial charge in [0.25, 0.3) is 11.5 Å². The quantitative estimate of drug-likeness (QED) is 0.226. The SMILES string of the molecule is CCC(Sc1nc2ccccc2c(=O)n1Cc1ccc(C(=O)NC2CCCC2)cc1)C(=O)NCCOC. The third kappa shape index (κ3) is 6.78. The molecule has 2 aromatic carbocycles. The number of para-hydroxylation sites is 1. The van der Waals surface area contributed by atoms with Crippen molar-refractivity contribution in [1.82, 2.24) is 20.2 Å². The number of amides is 2. The number of rotatable bonds is 11. The molecule has 1 saturated carbocycles. The molecule has 1 aliphatic rings. The Hall–Kier alpha value is -3.17. The van der Waals surface area contributed by atoms with Gasteiger partial charge in [0.05, 0.1) is 29.3 Å². The fourth-order valence-corrected chi connectivity index (χ4v) is 5.54. The maximum absolute atomic E-state index is 13.5. The Bertz CT molecular complexity index is 1290. The van der Waals surface area contributed by atoms with Crippen molar-refractivity contribution in [1.29, 1.82) is 0 Å². The van der Waals surface area contributed by atoms with Gasteiger partial charge in [-0.2, -0.15) is 0 Å². The lowest BCUT2D eigenvalue weighted by molar-refractivity contribution is -0.120. The van der Waals surface area contributed by atoms with E-state index in [0.29, 0.717) is 41.2 Å². The van der Waals surface area contributed by atoms with Crippen LogP contribution < -0.4 is 16.2 Å². The Morgan fingerprint density at radius 2 is 1.86 bits per heavy atom. The van der Waals surface area contributed by atoms with E-state index in [9.17, 15) is 14.4 Å². The number of carbonyl (C=O) groups excluding carboxylic acids is 2. The van der Waals surface area contributed by atoms with Gasteiger partial charge in [-0.3, -0.25) is 19.0 Å². The predicted molar refractivity (Wildman–Crippen MR) is 146 cm³/mol. The maximum Gasteiger partial charge on any atom is 0.262 e. The van der Waals surface area contributed by atoms with E-state index in [4.69, 9.17) is 9.72 Å². The molecule has 1 aliphatic carbocycles. The summed E-state index contributed by atoms with van der Waals surface area (Å²) in [5.74, 6) is -0.180. The van der Waals surface area contributed by atoms with Crippen LogP contribution in [0.5, 0.6) is 0 Å². The highest BCUT2D eigenvalue weighted by atomic mass is 32.2. The minimum Gasteiger partial charge on any atom is -0.383 e. The molecule has 0 bridgehead atoms. The van der Waals surface area contributed by atoms with Crippen molar-refractivity contribution in [3.63, 3.8) is 0 Å². The van der Waals surface area contributed by atoms with E-state index in [-0.39, 0.29) is 30.0 Å². The van der Waals surface area contributed by atoms with Crippen molar-refractivity contribution in [2.75, 3.05) is 20.3 Å². The molecule has 37 heavy (non-hydrogen) atoms. The van der Waals surface area contributed by atoms with E-state index in [1.165, 1.54) is 11.8 Å². The van der Waals surface area contributed by atoms with Crippen molar-refractivity contribution >= 4 is 34.5 Å². The molecular formula is C28H34N4O4S. The molecule has 196 valence electrons. The summed E-state index contributed by atoms with van der Waals surface area (Å²) in [6.45, 7) is 3.07. The normalized spacial score (nSPS) is 14.5. The highest BCUT2D eigenvalue weighted by Crippen LogP contribution is 2.26. The zero-order valence-corrected chi connectivity index (χ0v) is 22.2. The van der Waals surface area contributed by atoms with Gasteiger partial charge >= 0.3 is 0 Å². The topological polar surface area (TPSA) is 102 Å². The van der Waals surface area contributed by atoms with E-state index in [1.807, 2.05) is 37.3 Å². The number of nitrogens with one attached hydrogen (secondary N) is 2. The first-order chi connectivity index (χ1) is 18.0. The van der Waals surface area contributed by atoms with E-state index < -0.39 is 5.25 Å². The number of fused-ring (bicyclic) bond motifs is 1. The lowest BCUT2D eigenvalue weighted by atomic mass is 10.1. The third-order valence-electron chi connectivity index (χ3n) is 6.59. The summed E-state index contributed by atoms with van der Waals surface area (Å²) < 4.78 is 6.64. The summed E-state index contributed by atoms with van der Waals surface area (Å²) in [7, 11) is 1.59. The van der Waals surface area contributed by atoms with Gasteiger partial charge in [0.1, 0.15) is 0 Å². The Kier molecular flexibility index (Phi) is 9.35. The number of methoxy groups -OCH3 is 1. The lowest BCUT2D eigenvalue weighted by Crippen LogP contribution is -2.35. The number of hydrogen-bond acceptors (Lipinski definition) is 6. The van der Waals surface area contributed by atoms with E-state index in [1.54, 1.807) is 29.9 Å². The molecule has 0 aliphatic heterocycles. The lowest BCUT2D eigenvalue weighted by Gasteiger charge is -2.18. The van der Waals surface area contributed by atoms with Crippen LogP contribution in [0.25, 0.3) is 10.9 Å². The fraction of sp³-hybridized carbons (Fsp3) is 0.429. The molecular weight excluding hydrogens is 488 g/mol. The number of thioether (sulfide) groups is 1.